The van der Waals surface area contributed by atoms with Crippen LogP contribution < -0.4 is 9.64 Å². The number of hydrogen-bond donors (Lipinski definition) is 0. The first-order chi connectivity index (χ1) is 15.9. The molecular weight excluding hydrogens is 432 g/mol. The highest BCUT2D eigenvalue weighted by molar-refractivity contribution is 7.20. The average molecular weight is 461 g/mol. The molecule has 1 aliphatic heterocycles. The molecule has 0 saturated carbocycles. The largest absolute Gasteiger partial charge is 0.497 e. The molecule has 4 aromatic rings. The predicted octanol–water partition coefficient (Wildman–Crippen LogP) is 4.89. The summed E-state index contributed by atoms with van der Waals surface area (Å²) in [4.78, 5) is 19.5. The van der Waals surface area contributed by atoms with E-state index in [1.54, 1.807) is 7.11 Å². The Hall–Kier alpha value is -3.32. The maximum Gasteiger partial charge on any atom is 0.264 e. The van der Waals surface area contributed by atoms with Crippen LogP contribution in [0.25, 0.3) is 21.5 Å². The first-order valence-corrected chi connectivity index (χ1v) is 12.0. The summed E-state index contributed by atoms with van der Waals surface area (Å²) in [5.41, 5.74) is 5.68. The molecule has 0 aliphatic carbocycles. The van der Waals surface area contributed by atoms with Gasteiger partial charge in [0.1, 0.15) is 16.3 Å². The Morgan fingerprint density at radius 2 is 1.82 bits per heavy atom. The Morgan fingerprint density at radius 3 is 2.58 bits per heavy atom. The zero-order valence-electron chi connectivity index (χ0n) is 19.5. The van der Waals surface area contributed by atoms with E-state index in [-0.39, 0.29) is 5.91 Å². The lowest BCUT2D eigenvalue weighted by atomic mass is 10.1. The van der Waals surface area contributed by atoms with Gasteiger partial charge in [0.15, 0.2) is 0 Å². The predicted molar refractivity (Wildman–Crippen MR) is 135 cm³/mol. The summed E-state index contributed by atoms with van der Waals surface area (Å²) in [6.45, 7) is 7.41. The maximum atomic E-state index is 13.4. The van der Waals surface area contributed by atoms with E-state index in [0.717, 1.165) is 58.3 Å². The zero-order chi connectivity index (χ0) is 23.1. The van der Waals surface area contributed by atoms with E-state index < -0.39 is 0 Å². The number of nitrogens with zero attached hydrogens (tertiary/aromatic N) is 4. The van der Waals surface area contributed by atoms with Crippen LogP contribution in [0.5, 0.6) is 5.75 Å². The number of hydrogen-bond acceptors (Lipinski definition) is 5. The van der Waals surface area contributed by atoms with E-state index in [2.05, 4.69) is 36.9 Å². The van der Waals surface area contributed by atoms with Crippen molar-refractivity contribution in [3.63, 3.8) is 0 Å². The summed E-state index contributed by atoms with van der Waals surface area (Å²) in [7, 11) is 3.59. The lowest BCUT2D eigenvalue weighted by Crippen LogP contribution is -2.48. The van der Waals surface area contributed by atoms with E-state index in [0.29, 0.717) is 0 Å². The van der Waals surface area contributed by atoms with Crippen LogP contribution in [0.3, 0.4) is 0 Å². The molecule has 1 fully saturated rings. The summed E-state index contributed by atoms with van der Waals surface area (Å²) in [5, 5.41) is 5.71. The first kappa shape index (κ1) is 21.5. The number of amides is 1. The van der Waals surface area contributed by atoms with E-state index in [1.807, 2.05) is 47.0 Å². The summed E-state index contributed by atoms with van der Waals surface area (Å²) >= 11 is 1.52. The monoisotopic (exact) mass is 460 g/mol. The number of carbonyl (C=O) groups excluding carboxylic acids is 1. The molecule has 3 heterocycles. The van der Waals surface area contributed by atoms with Gasteiger partial charge >= 0.3 is 0 Å². The summed E-state index contributed by atoms with van der Waals surface area (Å²) in [6, 6.07) is 16.4. The van der Waals surface area contributed by atoms with Gasteiger partial charge < -0.3 is 14.5 Å². The van der Waals surface area contributed by atoms with Crippen LogP contribution in [0.1, 0.15) is 20.8 Å². The van der Waals surface area contributed by atoms with E-state index in [1.165, 1.54) is 28.2 Å². The van der Waals surface area contributed by atoms with E-state index in [9.17, 15) is 4.79 Å². The highest BCUT2D eigenvalue weighted by atomic mass is 32.1. The van der Waals surface area contributed by atoms with Crippen LogP contribution >= 0.6 is 11.3 Å². The van der Waals surface area contributed by atoms with Crippen molar-refractivity contribution in [3.05, 3.63) is 64.5 Å². The summed E-state index contributed by atoms with van der Waals surface area (Å²) in [6.07, 6.45) is 0. The zero-order valence-corrected chi connectivity index (χ0v) is 20.3. The van der Waals surface area contributed by atoms with Crippen LogP contribution in [0, 0.1) is 13.8 Å². The molecule has 0 radical (unpaired) electrons. The molecule has 5 rings (SSSR count). The Bertz CT molecular complexity index is 1330. The summed E-state index contributed by atoms with van der Waals surface area (Å²) in [5.74, 6) is 0.896. The third kappa shape index (κ3) is 3.97. The standard InChI is InChI=1S/C26H28N4O2S/c1-17-8-9-18(2)22(14-17)29-10-12-30(13-11-29)25(31)23-16-21-24(27-28(3)26(21)33-23)19-6-5-7-20(15-19)32-4/h5-9,14-16H,10-13H2,1-4H3. The number of aromatic nitrogens is 2. The quantitative estimate of drug-likeness (QED) is 0.435. The van der Waals surface area contributed by atoms with Crippen molar-refractivity contribution in [1.29, 1.82) is 0 Å². The number of rotatable bonds is 4. The van der Waals surface area contributed by atoms with E-state index >= 15 is 0 Å². The lowest BCUT2D eigenvalue weighted by molar-refractivity contribution is 0.0751. The minimum Gasteiger partial charge on any atom is -0.497 e. The van der Waals surface area contributed by atoms with Gasteiger partial charge in [-0.15, -0.1) is 11.3 Å². The number of carbonyl (C=O) groups is 1. The normalized spacial score (nSPS) is 14.2. The van der Waals surface area contributed by atoms with Gasteiger partial charge in [0, 0.05) is 49.9 Å². The molecule has 7 heteroatoms. The molecule has 2 aromatic heterocycles. The van der Waals surface area contributed by atoms with Gasteiger partial charge in [-0.25, -0.2) is 0 Å². The molecule has 170 valence electrons. The van der Waals surface area contributed by atoms with Crippen molar-refractivity contribution >= 4 is 33.1 Å². The minimum atomic E-state index is 0.105. The van der Waals surface area contributed by atoms with Gasteiger partial charge in [-0.1, -0.05) is 24.3 Å². The average Bonchev–Trinajstić information content (AvgIpc) is 3.41. The Balaban J connectivity index is 1.37. The topological polar surface area (TPSA) is 50.6 Å². The fourth-order valence-electron chi connectivity index (χ4n) is 4.50. The highest BCUT2D eigenvalue weighted by Crippen LogP contribution is 2.35. The highest BCUT2D eigenvalue weighted by Gasteiger charge is 2.26. The van der Waals surface area contributed by atoms with Crippen LogP contribution in [0.2, 0.25) is 0 Å². The number of thiophene rings is 1. The molecule has 6 nitrogen and oxygen atoms in total. The molecule has 1 saturated heterocycles. The van der Waals surface area contributed by atoms with Gasteiger partial charge in [0.25, 0.3) is 5.91 Å². The van der Waals surface area contributed by atoms with Crippen LogP contribution in [-0.4, -0.2) is 53.9 Å². The number of methoxy groups -OCH3 is 1. The molecule has 0 unspecified atom stereocenters. The number of fused-ring (bicyclic) bond motifs is 1. The first-order valence-electron chi connectivity index (χ1n) is 11.2. The molecule has 33 heavy (non-hydrogen) atoms. The number of aryl methyl sites for hydroxylation is 3. The third-order valence-corrected chi connectivity index (χ3v) is 7.53. The van der Waals surface area contributed by atoms with Gasteiger partial charge in [-0.2, -0.15) is 5.10 Å². The van der Waals surface area contributed by atoms with Crippen molar-refractivity contribution in [3.8, 4) is 17.0 Å². The van der Waals surface area contributed by atoms with E-state index in [4.69, 9.17) is 9.84 Å². The SMILES string of the molecule is COc1cccc(-c2nn(C)c3sc(C(=O)N4CCN(c5cc(C)ccc5C)CC4)cc23)c1. The van der Waals surface area contributed by atoms with Gasteiger partial charge in [-0.05, 0) is 49.2 Å². The molecule has 0 atom stereocenters. The number of ether oxygens (including phenoxy) is 1. The Kier molecular flexibility index (Phi) is 5.58. The maximum absolute atomic E-state index is 13.4. The molecule has 1 aliphatic rings. The van der Waals surface area contributed by atoms with Gasteiger partial charge in [0.2, 0.25) is 0 Å². The van der Waals surface area contributed by atoms with Crippen molar-refractivity contribution in [2.45, 2.75) is 13.8 Å². The summed E-state index contributed by atoms with van der Waals surface area (Å²) < 4.78 is 7.24. The van der Waals surface area contributed by atoms with Crippen LogP contribution in [0.15, 0.2) is 48.5 Å². The van der Waals surface area contributed by atoms with Crippen molar-refractivity contribution in [2.24, 2.45) is 7.05 Å². The van der Waals surface area contributed by atoms with Crippen LogP contribution in [-0.2, 0) is 7.05 Å². The van der Waals surface area contributed by atoms with Crippen LogP contribution in [0.4, 0.5) is 5.69 Å². The number of benzene rings is 2. The third-order valence-electron chi connectivity index (χ3n) is 6.34. The van der Waals surface area contributed by atoms with Crippen molar-refractivity contribution < 1.29 is 9.53 Å². The Labute approximate surface area is 198 Å². The number of piperazine rings is 1. The fraction of sp³-hybridized carbons (Fsp3) is 0.308. The fourth-order valence-corrected chi connectivity index (χ4v) is 5.54. The second kappa shape index (κ2) is 8.56. The lowest BCUT2D eigenvalue weighted by Gasteiger charge is -2.36. The smallest absolute Gasteiger partial charge is 0.264 e. The van der Waals surface area contributed by atoms with Gasteiger partial charge in [0.05, 0.1) is 12.0 Å². The minimum absolute atomic E-state index is 0.105. The second-order valence-electron chi connectivity index (χ2n) is 8.60. The molecule has 0 bridgehead atoms. The van der Waals surface area contributed by atoms with Crippen molar-refractivity contribution in [2.75, 3.05) is 38.2 Å². The molecule has 1 amide bonds. The molecule has 0 spiro atoms. The van der Waals surface area contributed by atoms with Gasteiger partial charge in [-0.3, -0.25) is 9.48 Å². The Morgan fingerprint density at radius 1 is 1.03 bits per heavy atom. The molecular formula is C26H28N4O2S. The molecule has 2 aromatic carbocycles. The second-order valence-corrected chi connectivity index (χ2v) is 9.63. The molecule has 0 N–H and O–H groups in total. The van der Waals surface area contributed by atoms with Crippen molar-refractivity contribution in [1.82, 2.24) is 14.7 Å². The number of anilines is 1.